The molecule has 1 aromatic carbocycles. The van der Waals surface area contributed by atoms with E-state index in [4.69, 9.17) is 23.2 Å². The summed E-state index contributed by atoms with van der Waals surface area (Å²) in [6.45, 7) is 0. The molecular formula is C16H8Cl2F3N3S. The largest absolute Gasteiger partial charge is 0.433 e. The van der Waals surface area contributed by atoms with Crippen LogP contribution in [0.2, 0.25) is 10.0 Å². The number of thiophene rings is 1. The number of aryl methyl sites for hydroxylation is 1. The van der Waals surface area contributed by atoms with Crippen molar-refractivity contribution in [2.75, 3.05) is 0 Å². The molecule has 0 unspecified atom stereocenters. The van der Waals surface area contributed by atoms with Crippen molar-refractivity contribution < 1.29 is 13.2 Å². The molecule has 3 aromatic heterocycles. The number of nitrogens with zero attached hydrogens (tertiary/aromatic N) is 3. The zero-order chi connectivity index (χ0) is 17.9. The minimum absolute atomic E-state index is 0.214. The third-order valence-corrected chi connectivity index (χ3v) is 5.74. The van der Waals surface area contributed by atoms with Gasteiger partial charge < -0.3 is 4.57 Å². The SMILES string of the molecule is Cn1c(-c2sc3cc(Cl)ccc3c2Cl)nc2cc(C(F)(F)F)ncc21. The van der Waals surface area contributed by atoms with E-state index in [9.17, 15) is 13.2 Å². The van der Waals surface area contributed by atoms with Crippen LogP contribution in [0.25, 0.3) is 31.8 Å². The van der Waals surface area contributed by atoms with Crippen LogP contribution in [0.3, 0.4) is 0 Å². The van der Waals surface area contributed by atoms with Crippen LogP contribution in [0.15, 0.2) is 30.5 Å². The maximum Gasteiger partial charge on any atom is 0.433 e. The first-order valence-electron chi connectivity index (χ1n) is 7.03. The Morgan fingerprint density at radius 1 is 1.16 bits per heavy atom. The van der Waals surface area contributed by atoms with Crippen LogP contribution in [0.1, 0.15) is 5.69 Å². The Kier molecular flexibility index (Phi) is 3.72. The molecule has 0 atom stereocenters. The third-order valence-electron chi connectivity index (χ3n) is 3.85. The fraction of sp³-hybridized carbons (Fsp3) is 0.125. The van der Waals surface area contributed by atoms with Gasteiger partial charge in [0.05, 0.1) is 27.1 Å². The van der Waals surface area contributed by atoms with Crippen molar-refractivity contribution in [1.29, 1.82) is 0 Å². The highest BCUT2D eigenvalue weighted by Crippen LogP contribution is 2.43. The van der Waals surface area contributed by atoms with Gasteiger partial charge in [0.1, 0.15) is 5.69 Å². The summed E-state index contributed by atoms with van der Waals surface area (Å²) >= 11 is 13.9. The summed E-state index contributed by atoms with van der Waals surface area (Å²) < 4.78 is 41.1. The minimum Gasteiger partial charge on any atom is -0.325 e. The standard InChI is InChI=1S/C16H8Cl2F3N3S/c1-24-10-6-22-12(16(19,20)21)5-9(10)23-15(24)14-13(18)8-3-2-7(17)4-11(8)25-14/h2-6H,1H3. The van der Waals surface area contributed by atoms with Crippen LogP contribution in [0.5, 0.6) is 0 Å². The van der Waals surface area contributed by atoms with Crippen molar-refractivity contribution in [1.82, 2.24) is 14.5 Å². The Morgan fingerprint density at radius 2 is 1.92 bits per heavy atom. The number of imidazole rings is 1. The molecule has 0 aliphatic carbocycles. The van der Waals surface area contributed by atoms with E-state index in [0.29, 0.717) is 26.3 Å². The lowest BCUT2D eigenvalue weighted by Gasteiger charge is -2.04. The number of hydrogen-bond acceptors (Lipinski definition) is 3. The first kappa shape index (κ1) is 16.6. The second-order valence-corrected chi connectivity index (χ2v) is 7.30. The van der Waals surface area contributed by atoms with Gasteiger partial charge in [0.25, 0.3) is 0 Å². The summed E-state index contributed by atoms with van der Waals surface area (Å²) in [6.07, 6.45) is -3.34. The van der Waals surface area contributed by atoms with Gasteiger partial charge in [-0.1, -0.05) is 29.3 Å². The van der Waals surface area contributed by atoms with Crippen molar-refractivity contribution >= 4 is 55.7 Å². The number of aromatic nitrogens is 3. The molecule has 128 valence electrons. The van der Waals surface area contributed by atoms with Crippen LogP contribution >= 0.6 is 34.5 Å². The Labute approximate surface area is 153 Å². The molecule has 0 saturated carbocycles. The van der Waals surface area contributed by atoms with Gasteiger partial charge in [-0.25, -0.2) is 9.97 Å². The highest BCUT2D eigenvalue weighted by atomic mass is 35.5. The average Bonchev–Trinajstić information content (AvgIpc) is 3.03. The van der Waals surface area contributed by atoms with E-state index in [-0.39, 0.29) is 5.52 Å². The lowest BCUT2D eigenvalue weighted by Crippen LogP contribution is -2.07. The Hall–Kier alpha value is -1.83. The molecule has 25 heavy (non-hydrogen) atoms. The molecule has 0 aliphatic rings. The number of fused-ring (bicyclic) bond motifs is 2. The summed E-state index contributed by atoms with van der Waals surface area (Å²) in [7, 11) is 1.72. The van der Waals surface area contributed by atoms with Gasteiger partial charge in [-0.2, -0.15) is 13.2 Å². The summed E-state index contributed by atoms with van der Waals surface area (Å²) in [5, 5.41) is 1.91. The fourth-order valence-corrected chi connectivity index (χ4v) is 4.45. The Morgan fingerprint density at radius 3 is 2.64 bits per heavy atom. The number of hydrogen-bond donors (Lipinski definition) is 0. The van der Waals surface area contributed by atoms with Gasteiger partial charge in [-0.05, 0) is 18.2 Å². The summed E-state index contributed by atoms with van der Waals surface area (Å²) in [5.74, 6) is 0.485. The zero-order valence-electron chi connectivity index (χ0n) is 12.5. The summed E-state index contributed by atoms with van der Waals surface area (Å²) in [4.78, 5) is 8.51. The molecule has 0 fully saturated rings. The molecule has 3 nitrogen and oxygen atoms in total. The molecule has 0 amide bonds. The van der Waals surface area contributed by atoms with Crippen molar-refractivity contribution in [3.05, 3.63) is 46.2 Å². The molecule has 4 aromatic rings. The molecule has 0 radical (unpaired) electrons. The Balaban J connectivity index is 1.95. The normalized spacial score (nSPS) is 12.4. The predicted octanol–water partition coefficient (Wildman–Crippen LogP) is 6.18. The molecule has 9 heteroatoms. The molecule has 0 bridgehead atoms. The van der Waals surface area contributed by atoms with Crippen LogP contribution in [0, 0.1) is 0 Å². The maximum atomic E-state index is 12.9. The average molecular weight is 402 g/mol. The molecular weight excluding hydrogens is 394 g/mol. The quantitative estimate of drug-likeness (QED) is 0.381. The van der Waals surface area contributed by atoms with E-state index >= 15 is 0 Å². The monoisotopic (exact) mass is 401 g/mol. The second-order valence-electron chi connectivity index (χ2n) is 5.44. The second kappa shape index (κ2) is 5.59. The van der Waals surface area contributed by atoms with Gasteiger partial charge >= 0.3 is 6.18 Å². The third kappa shape index (κ3) is 2.67. The van der Waals surface area contributed by atoms with Gasteiger partial charge in [0.2, 0.25) is 0 Å². The summed E-state index contributed by atoms with van der Waals surface area (Å²) in [6, 6.07) is 6.28. The molecule has 0 saturated heterocycles. The number of rotatable bonds is 1. The topological polar surface area (TPSA) is 30.7 Å². The Bertz CT molecular complexity index is 1130. The van der Waals surface area contributed by atoms with E-state index in [2.05, 4.69) is 9.97 Å². The maximum absolute atomic E-state index is 12.9. The molecule has 0 aliphatic heterocycles. The lowest BCUT2D eigenvalue weighted by atomic mass is 10.2. The van der Waals surface area contributed by atoms with E-state index < -0.39 is 11.9 Å². The number of benzene rings is 1. The highest BCUT2D eigenvalue weighted by molar-refractivity contribution is 7.23. The van der Waals surface area contributed by atoms with Gasteiger partial charge in [0.15, 0.2) is 5.82 Å². The zero-order valence-corrected chi connectivity index (χ0v) is 14.9. The number of pyridine rings is 1. The van der Waals surface area contributed by atoms with Gasteiger partial charge in [-0.15, -0.1) is 11.3 Å². The van der Waals surface area contributed by atoms with Crippen molar-refractivity contribution in [2.45, 2.75) is 6.18 Å². The van der Waals surface area contributed by atoms with E-state index in [1.165, 1.54) is 17.5 Å². The first-order chi connectivity index (χ1) is 11.8. The lowest BCUT2D eigenvalue weighted by molar-refractivity contribution is -0.141. The van der Waals surface area contributed by atoms with Crippen LogP contribution in [-0.4, -0.2) is 14.5 Å². The van der Waals surface area contributed by atoms with Crippen LogP contribution in [0.4, 0.5) is 13.2 Å². The fourth-order valence-electron chi connectivity index (χ4n) is 2.63. The van der Waals surface area contributed by atoms with Crippen LogP contribution in [-0.2, 0) is 13.2 Å². The van der Waals surface area contributed by atoms with E-state index in [1.807, 2.05) is 6.07 Å². The number of alkyl halides is 3. The van der Waals surface area contributed by atoms with Gasteiger partial charge in [-0.3, -0.25) is 0 Å². The van der Waals surface area contributed by atoms with Crippen LogP contribution < -0.4 is 0 Å². The van der Waals surface area contributed by atoms with Crippen molar-refractivity contribution in [3.8, 4) is 10.7 Å². The first-order valence-corrected chi connectivity index (χ1v) is 8.60. The van der Waals surface area contributed by atoms with E-state index in [0.717, 1.165) is 16.2 Å². The number of halogens is 5. The highest BCUT2D eigenvalue weighted by Gasteiger charge is 2.33. The van der Waals surface area contributed by atoms with Crippen molar-refractivity contribution in [3.63, 3.8) is 0 Å². The van der Waals surface area contributed by atoms with E-state index in [1.54, 1.807) is 23.7 Å². The molecule has 0 spiro atoms. The molecule has 4 rings (SSSR count). The smallest absolute Gasteiger partial charge is 0.325 e. The molecule has 0 N–H and O–H groups in total. The predicted molar refractivity (Wildman–Crippen MR) is 94.4 cm³/mol. The van der Waals surface area contributed by atoms with Crippen molar-refractivity contribution in [2.24, 2.45) is 7.05 Å². The van der Waals surface area contributed by atoms with Gasteiger partial charge in [0, 0.05) is 22.2 Å². The minimum atomic E-state index is -4.52. The molecule has 3 heterocycles. The summed E-state index contributed by atoms with van der Waals surface area (Å²) in [5.41, 5.74) is -0.264.